The Bertz CT molecular complexity index is 707. The van der Waals surface area contributed by atoms with Crippen molar-refractivity contribution in [2.45, 2.75) is 38.7 Å². The molecule has 1 N–H and O–H groups in total. The minimum atomic E-state index is -0.291. The topological polar surface area (TPSA) is 73.2 Å². The molecule has 1 aromatic heterocycles. The average molecular weight is 402 g/mol. The lowest BCUT2D eigenvalue weighted by molar-refractivity contribution is -0.0419. The molecule has 0 spiro atoms. The van der Waals surface area contributed by atoms with Crippen molar-refractivity contribution in [3.8, 4) is 0 Å². The fourth-order valence-corrected chi connectivity index (χ4v) is 3.16. The lowest BCUT2D eigenvalue weighted by atomic mass is 10.1. The number of hydrogen-bond acceptors (Lipinski definition) is 6. The maximum atomic E-state index is 12.4. The van der Waals surface area contributed by atoms with E-state index in [2.05, 4.69) is 12.2 Å². The number of carbonyl (C=O) groups is 1. The van der Waals surface area contributed by atoms with Gasteiger partial charge in [-0.3, -0.25) is 0 Å². The summed E-state index contributed by atoms with van der Waals surface area (Å²) in [5.74, 6) is 0.834. The molecule has 1 amide bonds. The standard InChI is InChI=1S/C22H30N2O5/c1-18(23-10-6-12-26-17-20-9-5-13-27-20)21-15-24(11-14-28-21)22(25)29-16-19-7-3-2-4-8-19/h2-5,7-9,13,18,21,23H,6,10-12,14-17H2,1H3/t18-,21-/m1/s1. The number of nitrogens with zero attached hydrogens (tertiary/aromatic N) is 1. The van der Waals surface area contributed by atoms with Crippen LogP contribution in [0.1, 0.15) is 24.7 Å². The molecular formula is C22H30N2O5. The predicted octanol–water partition coefficient (Wildman–Crippen LogP) is 3.20. The zero-order chi connectivity index (χ0) is 20.3. The smallest absolute Gasteiger partial charge is 0.410 e. The van der Waals surface area contributed by atoms with Crippen molar-refractivity contribution in [3.63, 3.8) is 0 Å². The lowest BCUT2D eigenvalue weighted by Crippen LogP contribution is -2.53. The lowest BCUT2D eigenvalue weighted by Gasteiger charge is -2.35. The minimum absolute atomic E-state index is 0.0583. The summed E-state index contributed by atoms with van der Waals surface area (Å²) in [6, 6.07) is 13.6. The zero-order valence-corrected chi connectivity index (χ0v) is 16.9. The molecule has 0 bridgehead atoms. The number of morpholine rings is 1. The van der Waals surface area contributed by atoms with Crippen LogP contribution >= 0.6 is 0 Å². The summed E-state index contributed by atoms with van der Waals surface area (Å²) >= 11 is 0. The van der Waals surface area contributed by atoms with Gasteiger partial charge in [-0.1, -0.05) is 30.3 Å². The van der Waals surface area contributed by atoms with Crippen LogP contribution in [0.2, 0.25) is 0 Å². The van der Waals surface area contributed by atoms with Gasteiger partial charge in [-0.25, -0.2) is 4.79 Å². The maximum Gasteiger partial charge on any atom is 0.410 e. The van der Waals surface area contributed by atoms with Crippen LogP contribution in [0, 0.1) is 0 Å². The molecule has 0 unspecified atom stereocenters. The monoisotopic (exact) mass is 402 g/mol. The molecule has 1 aliphatic rings. The van der Waals surface area contributed by atoms with Crippen molar-refractivity contribution < 1.29 is 23.4 Å². The number of benzene rings is 1. The van der Waals surface area contributed by atoms with E-state index in [1.807, 2.05) is 42.5 Å². The molecule has 0 radical (unpaired) electrons. The second kappa shape index (κ2) is 11.6. The van der Waals surface area contributed by atoms with E-state index in [9.17, 15) is 4.79 Å². The van der Waals surface area contributed by atoms with E-state index in [1.165, 1.54) is 0 Å². The van der Waals surface area contributed by atoms with Gasteiger partial charge in [-0.2, -0.15) is 0 Å². The molecule has 3 rings (SSSR count). The first-order chi connectivity index (χ1) is 14.2. The first-order valence-electron chi connectivity index (χ1n) is 10.1. The predicted molar refractivity (Wildman–Crippen MR) is 108 cm³/mol. The second-order valence-electron chi connectivity index (χ2n) is 7.12. The molecule has 1 fully saturated rings. The van der Waals surface area contributed by atoms with Crippen LogP contribution in [-0.2, 0) is 27.4 Å². The quantitative estimate of drug-likeness (QED) is 0.615. The van der Waals surface area contributed by atoms with Crippen LogP contribution in [-0.4, -0.2) is 56.0 Å². The van der Waals surface area contributed by atoms with Gasteiger partial charge in [0.05, 0.1) is 25.5 Å². The van der Waals surface area contributed by atoms with E-state index in [-0.39, 0.29) is 24.8 Å². The number of furan rings is 1. The highest BCUT2D eigenvalue weighted by Crippen LogP contribution is 2.12. The van der Waals surface area contributed by atoms with Crippen LogP contribution in [0.4, 0.5) is 4.79 Å². The van der Waals surface area contributed by atoms with E-state index in [4.69, 9.17) is 18.6 Å². The molecule has 2 heterocycles. The third-order valence-corrected chi connectivity index (χ3v) is 4.87. The summed E-state index contributed by atoms with van der Waals surface area (Å²) in [5, 5.41) is 3.46. The summed E-state index contributed by atoms with van der Waals surface area (Å²) in [7, 11) is 0. The summed E-state index contributed by atoms with van der Waals surface area (Å²) in [6.45, 7) is 5.92. The molecule has 2 aromatic rings. The molecule has 1 aliphatic heterocycles. The molecule has 29 heavy (non-hydrogen) atoms. The van der Waals surface area contributed by atoms with Gasteiger partial charge in [0.1, 0.15) is 19.0 Å². The van der Waals surface area contributed by atoms with Gasteiger partial charge in [-0.15, -0.1) is 0 Å². The highest BCUT2D eigenvalue weighted by Gasteiger charge is 2.28. The summed E-state index contributed by atoms with van der Waals surface area (Å²) in [6.07, 6.45) is 2.19. The second-order valence-corrected chi connectivity index (χ2v) is 7.12. The van der Waals surface area contributed by atoms with E-state index in [0.29, 0.717) is 32.9 Å². The minimum Gasteiger partial charge on any atom is -0.467 e. The van der Waals surface area contributed by atoms with Gasteiger partial charge >= 0.3 is 6.09 Å². The Morgan fingerprint density at radius 3 is 2.90 bits per heavy atom. The van der Waals surface area contributed by atoms with Gasteiger partial charge < -0.3 is 28.8 Å². The Labute approximate surface area is 171 Å². The Kier molecular flexibility index (Phi) is 8.55. The maximum absolute atomic E-state index is 12.4. The highest BCUT2D eigenvalue weighted by atomic mass is 16.6. The molecule has 0 saturated carbocycles. The SMILES string of the molecule is C[C@@H](NCCCOCc1ccco1)[C@H]1CN(C(=O)OCc2ccccc2)CCO1. The Hall–Kier alpha value is -2.35. The molecule has 1 saturated heterocycles. The van der Waals surface area contributed by atoms with E-state index in [0.717, 1.165) is 24.3 Å². The molecule has 0 aliphatic carbocycles. The first kappa shape index (κ1) is 21.4. The number of hydrogen-bond donors (Lipinski definition) is 1. The van der Waals surface area contributed by atoms with E-state index in [1.54, 1.807) is 11.2 Å². The number of rotatable bonds is 10. The van der Waals surface area contributed by atoms with Gasteiger partial charge in [0.25, 0.3) is 0 Å². The largest absolute Gasteiger partial charge is 0.467 e. The summed E-state index contributed by atoms with van der Waals surface area (Å²) in [4.78, 5) is 14.1. The fraction of sp³-hybridized carbons (Fsp3) is 0.500. The van der Waals surface area contributed by atoms with Crippen molar-refractivity contribution >= 4 is 6.09 Å². The zero-order valence-electron chi connectivity index (χ0n) is 16.9. The number of nitrogens with one attached hydrogen (secondary N) is 1. The summed E-state index contributed by atoms with van der Waals surface area (Å²) < 4.78 is 22.1. The molecule has 1 aromatic carbocycles. The van der Waals surface area contributed by atoms with Crippen LogP contribution in [0.25, 0.3) is 0 Å². The van der Waals surface area contributed by atoms with E-state index < -0.39 is 0 Å². The Morgan fingerprint density at radius 1 is 1.24 bits per heavy atom. The van der Waals surface area contributed by atoms with Crippen LogP contribution < -0.4 is 5.32 Å². The van der Waals surface area contributed by atoms with Gasteiger partial charge in [-0.05, 0) is 37.6 Å². The van der Waals surface area contributed by atoms with Crippen molar-refractivity contribution in [2.75, 3.05) is 32.8 Å². The van der Waals surface area contributed by atoms with Crippen molar-refractivity contribution in [1.29, 1.82) is 0 Å². The van der Waals surface area contributed by atoms with Crippen molar-refractivity contribution in [1.82, 2.24) is 10.2 Å². The first-order valence-corrected chi connectivity index (χ1v) is 10.1. The number of amides is 1. The van der Waals surface area contributed by atoms with Crippen LogP contribution in [0.5, 0.6) is 0 Å². The van der Waals surface area contributed by atoms with E-state index >= 15 is 0 Å². The Morgan fingerprint density at radius 2 is 2.10 bits per heavy atom. The number of carbonyl (C=O) groups excluding carboxylic acids is 1. The average Bonchev–Trinajstić information content (AvgIpc) is 3.28. The van der Waals surface area contributed by atoms with Crippen LogP contribution in [0.3, 0.4) is 0 Å². The van der Waals surface area contributed by atoms with Crippen LogP contribution in [0.15, 0.2) is 53.1 Å². The fourth-order valence-electron chi connectivity index (χ4n) is 3.16. The van der Waals surface area contributed by atoms with Gasteiger partial charge in [0.15, 0.2) is 0 Å². The third kappa shape index (κ3) is 7.20. The normalized spacial score (nSPS) is 17.8. The molecule has 158 valence electrons. The highest BCUT2D eigenvalue weighted by molar-refractivity contribution is 5.67. The molecule has 7 nitrogen and oxygen atoms in total. The van der Waals surface area contributed by atoms with Gasteiger partial charge in [0.2, 0.25) is 0 Å². The van der Waals surface area contributed by atoms with Crippen molar-refractivity contribution in [2.24, 2.45) is 0 Å². The van der Waals surface area contributed by atoms with Gasteiger partial charge in [0, 0.05) is 19.2 Å². The van der Waals surface area contributed by atoms with Crippen molar-refractivity contribution in [3.05, 3.63) is 60.1 Å². The summed E-state index contributed by atoms with van der Waals surface area (Å²) in [5.41, 5.74) is 0.981. The molecule has 2 atom stereocenters. The number of ether oxygens (including phenoxy) is 3. The molecular weight excluding hydrogens is 372 g/mol. The third-order valence-electron chi connectivity index (χ3n) is 4.87. The molecule has 7 heteroatoms. The Balaban J connectivity index is 1.31.